The molecule has 3 rings (SSSR count). The highest BCUT2D eigenvalue weighted by atomic mass is 19.4. The number of carbonyl (C=O) groups excluding carboxylic acids is 2. The van der Waals surface area contributed by atoms with Crippen molar-refractivity contribution < 1.29 is 27.3 Å². The summed E-state index contributed by atoms with van der Waals surface area (Å²) in [4.78, 5) is 26.6. The molecule has 0 bridgehead atoms. The van der Waals surface area contributed by atoms with Crippen molar-refractivity contribution in [2.75, 3.05) is 6.54 Å². The molecule has 156 valence electrons. The largest absolute Gasteiger partial charge is 0.412 e. The highest BCUT2D eigenvalue weighted by molar-refractivity contribution is 5.89. The summed E-state index contributed by atoms with van der Waals surface area (Å²) >= 11 is 0. The highest BCUT2D eigenvalue weighted by Gasteiger charge is 2.44. The predicted octanol–water partition coefficient (Wildman–Crippen LogP) is 3.24. The van der Waals surface area contributed by atoms with Crippen LogP contribution < -0.4 is 5.32 Å². The molecule has 2 amide bonds. The van der Waals surface area contributed by atoms with Crippen molar-refractivity contribution in [1.82, 2.24) is 15.4 Å². The summed E-state index contributed by atoms with van der Waals surface area (Å²) in [5, 5.41) is 5.80. The number of rotatable bonds is 5. The van der Waals surface area contributed by atoms with Gasteiger partial charge in [-0.15, -0.1) is 0 Å². The summed E-state index contributed by atoms with van der Waals surface area (Å²) in [6.07, 6.45) is -3.90. The number of aryl methyl sites for hydroxylation is 2. The van der Waals surface area contributed by atoms with Gasteiger partial charge in [-0.05, 0) is 32.3 Å². The Morgan fingerprint density at radius 1 is 1.28 bits per heavy atom. The van der Waals surface area contributed by atoms with Crippen molar-refractivity contribution in [2.45, 2.75) is 51.4 Å². The molecular weight excluding hydrogens is 387 g/mol. The summed E-state index contributed by atoms with van der Waals surface area (Å²) in [7, 11) is 0. The summed E-state index contributed by atoms with van der Waals surface area (Å²) in [6.45, 7) is 3.79. The number of hydrogen-bond donors (Lipinski definition) is 1. The number of nitrogens with zero attached hydrogens (tertiary/aromatic N) is 2. The van der Waals surface area contributed by atoms with Crippen LogP contribution in [0.3, 0.4) is 0 Å². The Morgan fingerprint density at radius 3 is 2.55 bits per heavy atom. The molecule has 0 radical (unpaired) electrons. The number of halogens is 3. The topological polar surface area (TPSA) is 75.4 Å². The fraction of sp³-hybridized carbons (Fsp3) is 0.450. The first kappa shape index (κ1) is 20.9. The number of likely N-dealkylation sites (tertiary alicyclic amines) is 1. The third-order valence-electron chi connectivity index (χ3n) is 4.90. The second-order valence-corrected chi connectivity index (χ2v) is 7.25. The molecule has 29 heavy (non-hydrogen) atoms. The summed E-state index contributed by atoms with van der Waals surface area (Å²) in [5.41, 5.74) is 1.38. The van der Waals surface area contributed by atoms with Crippen LogP contribution in [0.25, 0.3) is 0 Å². The molecule has 1 saturated heterocycles. The van der Waals surface area contributed by atoms with Gasteiger partial charge in [-0.3, -0.25) is 9.59 Å². The zero-order valence-electron chi connectivity index (χ0n) is 16.1. The average molecular weight is 409 g/mol. The summed E-state index contributed by atoms with van der Waals surface area (Å²) < 4.78 is 45.8. The van der Waals surface area contributed by atoms with Crippen LogP contribution in [0.15, 0.2) is 34.9 Å². The second-order valence-electron chi connectivity index (χ2n) is 7.25. The quantitative estimate of drug-likeness (QED) is 0.823. The van der Waals surface area contributed by atoms with Gasteiger partial charge in [0.25, 0.3) is 0 Å². The molecular formula is C20H22F3N3O3. The first-order valence-electron chi connectivity index (χ1n) is 9.30. The van der Waals surface area contributed by atoms with Crippen molar-refractivity contribution >= 4 is 11.8 Å². The van der Waals surface area contributed by atoms with Crippen LogP contribution in [-0.2, 0) is 16.0 Å². The van der Waals surface area contributed by atoms with Crippen molar-refractivity contribution in [2.24, 2.45) is 0 Å². The van der Waals surface area contributed by atoms with Gasteiger partial charge in [-0.25, -0.2) is 0 Å². The van der Waals surface area contributed by atoms with E-state index in [0.29, 0.717) is 30.8 Å². The van der Waals surface area contributed by atoms with Crippen LogP contribution in [0.1, 0.15) is 41.5 Å². The van der Waals surface area contributed by atoms with Crippen LogP contribution in [0.2, 0.25) is 0 Å². The van der Waals surface area contributed by atoms with E-state index in [1.807, 2.05) is 0 Å². The lowest BCUT2D eigenvalue weighted by Gasteiger charge is -2.27. The van der Waals surface area contributed by atoms with E-state index < -0.39 is 24.2 Å². The van der Waals surface area contributed by atoms with E-state index in [1.165, 1.54) is 17.0 Å². The summed E-state index contributed by atoms with van der Waals surface area (Å²) in [6, 6.07) is 4.34. The van der Waals surface area contributed by atoms with E-state index >= 15 is 0 Å². The number of carbonyl (C=O) groups is 2. The Morgan fingerprint density at radius 2 is 1.97 bits per heavy atom. The number of nitrogens with one attached hydrogen (secondary N) is 1. The molecule has 2 heterocycles. The van der Waals surface area contributed by atoms with Gasteiger partial charge in [-0.2, -0.15) is 13.2 Å². The van der Waals surface area contributed by atoms with E-state index in [0.717, 1.165) is 5.56 Å². The molecule has 1 N–H and O–H groups in total. The Hall–Kier alpha value is -2.84. The number of benzene rings is 1. The monoisotopic (exact) mass is 409 g/mol. The van der Waals surface area contributed by atoms with E-state index in [4.69, 9.17) is 4.52 Å². The van der Waals surface area contributed by atoms with Crippen LogP contribution in [-0.4, -0.2) is 40.6 Å². The number of hydrogen-bond acceptors (Lipinski definition) is 4. The van der Waals surface area contributed by atoms with Crippen molar-refractivity contribution in [3.8, 4) is 0 Å². The minimum Gasteiger partial charge on any atom is -0.361 e. The molecule has 1 aliphatic rings. The maximum Gasteiger partial charge on any atom is 0.412 e. The van der Waals surface area contributed by atoms with Gasteiger partial charge in [0.05, 0.1) is 12.1 Å². The maximum absolute atomic E-state index is 13.6. The normalized spacial score (nSPS) is 18.0. The average Bonchev–Trinajstić information content (AvgIpc) is 3.28. The zero-order valence-corrected chi connectivity index (χ0v) is 16.1. The lowest BCUT2D eigenvalue weighted by molar-refractivity contribution is -0.165. The molecule has 1 fully saturated rings. The number of alkyl halides is 3. The van der Waals surface area contributed by atoms with E-state index in [2.05, 4.69) is 10.5 Å². The number of aromatic nitrogens is 1. The van der Waals surface area contributed by atoms with Crippen LogP contribution in [0.4, 0.5) is 13.2 Å². The third-order valence-corrected chi connectivity index (χ3v) is 4.90. The van der Waals surface area contributed by atoms with Gasteiger partial charge >= 0.3 is 6.18 Å². The van der Waals surface area contributed by atoms with Crippen LogP contribution in [0.5, 0.6) is 0 Å². The Bertz CT molecular complexity index is 877. The van der Waals surface area contributed by atoms with Gasteiger partial charge in [-0.1, -0.05) is 35.0 Å². The predicted molar refractivity (Wildman–Crippen MR) is 97.8 cm³/mol. The number of amides is 2. The SMILES string of the molecule is Cc1ccc(C(NC(=O)C2CCCN2C(=O)Cc2cc(C)no2)C(F)(F)F)cc1. The molecule has 1 aliphatic heterocycles. The van der Waals surface area contributed by atoms with Crippen molar-refractivity contribution in [1.29, 1.82) is 0 Å². The van der Waals surface area contributed by atoms with Gasteiger partial charge < -0.3 is 14.7 Å². The van der Waals surface area contributed by atoms with Gasteiger partial charge in [0.15, 0.2) is 6.04 Å². The minimum absolute atomic E-state index is 0.0514. The standard InChI is InChI=1S/C20H22F3N3O3/c1-12-5-7-14(8-6-12)18(20(21,22)23)24-19(28)16-4-3-9-26(16)17(27)11-15-10-13(2)25-29-15/h5-8,10,16,18H,3-4,9,11H2,1-2H3,(H,24,28). The van der Waals surface area contributed by atoms with Crippen molar-refractivity contribution in [3.05, 3.63) is 52.9 Å². The molecule has 1 aromatic carbocycles. The van der Waals surface area contributed by atoms with Gasteiger partial charge in [0.1, 0.15) is 11.8 Å². The minimum atomic E-state index is -4.66. The van der Waals surface area contributed by atoms with Crippen molar-refractivity contribution in [3.63, 3.8) is 0 Å². The molecule has 0 aliphatic carbocycles. The maximum atomic E-state index is 13.6. The second kappa shape index (κ2) is 8.26. The molecule has 1 aromatic heterocycles. The van der Waals surface area contributed by atoms with Crippen LogP contribution >= 0.6 is 0 Å². The van der Waals surface area contributed by atoms with Crippen LogP contribution in [0, 0.1) is 13.8 Å². The molecule has 0 saturated carbocycles. The van der Waals surface area contributed by atoms with Gasteiger partial charge in [0, 0.05) is 12.6 Å². The Balaban J connectivity index is 1.73. The molecule has 0 spiro atoms. The summed E-state index contributed by atoms with van der Waals surface area (Å²) in [5.74, 6) is -0.837. The Labute approximate surface area is 166 Å². The van der Waals surface area contributed by atoms with E-state index in [1.54, 1.807) is 32.0 Å². The first-order valence-corrected chi connectivity index (χ1v) is 9.30. The molecule has 2 atom stereocenters. The fourth-order valence-corrected chi connectivity index (χ4v) is 3.44. The molecule has 2 unspecified atom stereocenters. The van der Waals surface area contributed by atoms with E-state index in [9.17, 15) is 22.8 Å². The first-order chi connectivity index (χ1) is 13.6. The molecule has 6 nitrogen and oxygen atoms in total. The lowest BCUT2D eigenvalue weighted by Crippen LogP contribution is -2.49. The molecule has 9 heteroatoms. The van der Waals surface area contributed by atoms with Gasteiger partial charge in [0.2, 0.25) is 11.8 Å². The van der Waals surface area contributed by atoms with E-state index in [-0.39, 0.29) is 17.9 Å². The third kappa shape index (κ3) is 4.96. The highest BCUT2D eigenvalue weighted by Crippen LogP contribution is 2.33. The lowest BCUT2D eigenvalue weighted by atomic mass is 10.0. The Kier molecular flexibility index (Phi) is 5.95. The molecule has 2 aromatic rings. The zero-order chi connectivity index (χ0) is 21.2. The smallest absolute Gasteiger partial charge is 0.361 e. The fourth-order valence-electron chi connectivity index (χ4n) is 3.44.